The first kappa shape index (κ1) is 10.0. The Kier molecular flexibility index (Phi) is 2.89. The maximum absolute atomic E-state index is 8.90. The standard InChI is InChI=1S/C12H14N2O/c1-14-7-6-11(9-14)15-12-5-3-2-4-10(12)8-13/h2-5,11H,6-7,9H2,1H3. The second-order valence-corrected chi connectivity index (χ2v) is 3.90. The molecule has 1 saturated heterocycles. The molecular formula is C12H14N2O. The molecule has 0 aliphatic carbocycles. The Labute approximate surface area is 89.9 Å². The summed E-state index contributed by atoms with van der Waals surface area (Å²) in [6, 6.07) is 9.54. The van der Waals surface area contributed by atoms with Gasteiger partial charge in [0.2, 0.25) is 0 Å². The summed E-state index contributed by atoms with van der Waals surface area (Å²) in [5.41, 5.74) is 0.618. The first-order valence-electron chi connectivity index (χ1n) is 5.14. The summed E-state index contributed by atoms with van der Waals surface area (Å²) in [5, 5.41) is 8.90. The summed E-state index contributed by atoms with van der Waals surface area (Å²) in [4.78, 5) is 2.24. The van der Waals surface area contributed by atoms with Crippen molar-refractivity contribution in [2.75, 3.05) is 20.1 Å². The van der Waals surface area contributed by atoms with Crippen molar-refractivity contribution in [1.29, 1.82) is 5.26 Å². The van der Waals surface area contributed by atoms with Crippen LogP contribution >= 0.6 is 0 Å². The predicted molar refractivity (Wildman–Crippen MR) is 57.7 cm³/mol. The molecule has 1 aromatic rings. The molecule has 3 heteroatoms. The fourth-order valence-corrected chi connectivity index (χ4v) is 1.83. The lowest BCUT2D eigenvalue weighted by atomic mass is 10.2. The summed E-state index contributed by atoms with van der Waals surface area (Å²) in [7, 11) is 2.08. The normalized spacial score (nSPS) is 21.2. The minimum atomic E-state index is 0.226. The molecule has 3 nitrogen and oxygen atoms in total. The van der Waals surface area contributed by atoms with Gasteiger partial charge < -0.3 is 9.64 Å². The van der Waals surface area contributed by atoms with Gasteiger partial charge in [0.15, 0.2) is 0 Å². The predicted octanol–water partition coefficient (Wildman–Crippen LogP) is 1.64. The quantitative estimate of drug-likeness (QED) is 0.731. The average molecular weight is 202 g/mol. The highest BCUT2D eigenvalue weighted by molar-refractivity contribution is 5.42. The van der Waals surface area contributed by atoms with Gasteiger partial charge in [-0.25, -0.2) is 0 Å². The van der Waals surface area contributed by atoms with Crippen molar-refractivity contribution in [2.24, 2.45) is 0 Å². The van der Waals surface area contributed by atoms with Crippen molar-refractivity contribution in [1.82, 2.24) is 4.90 Å². The SMILES string of the molecule is CN1CCC(Oc2ccccc2C#N)C1. The van der Waals surface area contributed by atoms with E-state index < -0.39 is 0 Å². The molecule has 0 amide bonds. The van der Waals surface area contributed by atoms with Crippen molar-refractivity contribution in [2.45, 2.75) is 12.5 Å². The number of hydrogen-bond donors (Lipinski definition) is 0. The Bertz CT molecular complexity index is 383. The fraction of sp³-hybridized carbons (Fsp3) is 0.417. The van der Waals surface area contributed by atoms with Gasteiger partial charge in [0.05, 0.1) is 5.56 Å². The van der Waals surface area contributed by atoms with Crippen LogP contribution in [0.3, 0.4) is 0 Å². The number of benzene rings is 1. The van der Waals surface area contributed by atoms with E-state index in [0.717, 1.165) is 19.5 Å². The highest BCUT2D eigenvalue weighted by atomic mass is 16.5. The van der Waals surface area contributed by atoms with E-state index in [2.05, 4.69) is 18.0 Å². The van der Waals surface area contributed by atoms with Crippen LogP contribution < -0.4 is 4.74 Å². The average Bonchev–Trinajstić information content (AvgIpc) is 2.65. The van der Waals surface area contributed by atoms with Crippen LogP contribution in [0.2, 0.25) is 0 Å². The van der Waals surface area contributed by atoms with Crippen molar-refractivity contribution >= 4 is 0 Å². The number of rotatable bonds is 2. The van der Waals surface area contributed by atoms with Gasteiger partial charge in [0, 0.05) is 13.1 Å². The zero-order chi connectivity index (χ0) is 10.7. The zero-order valence-electron chi connectivity index (χ0n) is 8.81. The smallest absolute Gasteiger partial charge is 0.137 e. The van der Waals surface area contributed by atoms with Crippen LogP contribution in [0.15, 0.2) is 24.3 Å². The molecule has 0 bridgehead atoms. The van der Waals surface area contributed by atoms with Crippen LogP contribution in [0.25, 0.3) is 0 Å². The summed E-state index contributed by atoms with van der Waals surface area (Å²) in [5.74, 6) is 0.709. The Morgan fingerprint density at radius 3 is 2.93 bits per heavy atom. The molecule has 15 heavy (non-hydrogen) atoms. The Morgan fingerprint density at radius 2 is 2.27 bits per heavy atom. The molecule has 1 aliphatic heterocycles. The Hall–Kier alpha value is -1.53. The molecule has 0 spiro atoms. The second-order valence-electron chi connectivity index (χ2n) is 3.90. The van der Waals surface area contributed by atoms with E-state index in [9.17, 15) is 0 Å². The van der Waals surface area contributed by atoms with Gasteiger partial charge in [-0.3, -0.25) is 0 Å². The highest BCUT2D eigenvalue weighted by Crippen LogP contribution is 2.21. The van der Waals surface area contributed by atoms with Gasteiger partial charge >= 0.3 is 0 Å². The first-order valence-corrected chi connectivity index (χ1v) is 5.14. The molecule has 1 unspecified atom stereocenters. The van der Waals surface area contributed by atoms with Crippen LogP contribution in [0.5, 0.6) is 5.75 Å². The van der Waals surface area contributed by atoms with E-state index in [1.165, 1.54) is 0 Å². The molecule has 78 valence electrons. The summed E-state index contributed by atoms with van der Waals surface area (Å²) in [6.07, 6.45) is 1.26. The third kappa shape index (κ3) is 2.28. The van der Waals surface area contributed by atoms with Gasteiger partial charge in [0.1, 0.15) is 17.9 Å². The van der Waals surface area contributed by atoms with E-state index in [-0.39, 0.29) is 6.10 Å². The van der Waals surface area contributed by atoms with Gasteiger partial charge in [-0.1, -0.05) is 12.1 Å². The number of likely N-dealkylation sites (tertiary alicyclic amines) is 1. The van der Waals surface area contributed by atoms with E-state index in [0.29, 0.717) is 11.3 Å². The number of nitrogens with zero attached hydrogens (tertiary/aromatic N) is 2. The summed E-state index contributed by atoms with van der Waals surface area (Å²) in [6.45, 7) is 2.01. The number of likely N-dealkylation sites (N-methyl/N-ethyl adjacent to an activating group) is 1. The van der Waals surface area contributed by atoms with Crippen LogP contribution in [-0.4, -0.2) is 31.1 Å². The van der Waals surface area contributed by atoms with Crippen molar-refractivity contribution in [3.63, 3.8) is 0 Å². The molecule has 1 heterocycles. The highest BCUT2D eigenvalue weighted by Gasteiger charge is 2.21. The Morgan fingerprint density at radius 1 is 1.47 bits per heavy atom. The lowest BCUT2D eigenvalue weighted by Crippen LogP contribution is -2.21. The molecular weight excluding hydrogens is 188 g/mol. The van der Waals surface area contributed by atoms with Crippen molar-refractivity contribution in [3.05, 3.63) is 29.8 Å². The van der Waals surface area contributed by atoms with Gasteiger partial charge in [0.25, 0.3) is 0 Å². The van der Waals surface area contributed by atoms with E-state index in [1.54, 1.807) is 6.07 Å². The first-order chi connectivity index (χ1) is 7.29. The van der Waals surface area contributed by atoms with Gasteiger partial charge in [-0.05, 0) is 25.6 Å². The molecule has 0 aromatic heterocycles. The summed E-state index contributed by atoms with van der Waals surface area (Å²) < 4.78 is 5.80. The molecule has 2 rings (SSSR count). The maximum Gasteiger partial charge on any atom is 0.137 e. The molecule has 1 atom stereocenters. The lowest BCUT2D eigenvalue weighted by Gasteiger charge is -2.14. The molecule has 0 radical (unpaired) electrons. The maximum atomic E-state index is 8.90. The summed E-state index contributed by atoms with van der Waals surface area (Å²) >= 11 is 0. The van der Waals surface area contributed by atoms with Crippen LogP contribution in [0, 0.1) is 11.3 Å². The van der Waals surface area contributed by atoms with E-state index in [4.69, 9.17) is 10.00 Å². The monoisotopic (exact) mass is 202 g/mol. The minimum absolute atomic E-state index is 0.226. The zero-order valence-corrected chi connectivity index (χ0v) is 8.81. The third-order valence-electron chi connectivity index (χ3n) is 2.65. The van der Waals surface area contributed by atoms with E-state index in [1.807, 2.05) is 18.2 Å². The lowest BCUT2D eigenvalue weighted by molar-refractivity contribution is 0.207. The molecule has 1 fully saturated rings. The fourth-order valence-electron chi connectivity index (χ4n) is 1.83. The number of para-hydroxylation sites is 1. The van der Waals surface area contributed by atoms with Crippen LogP contribution in [0.4, 0.5) is 0 Å². The van der Waals surface area contributed by atoms with Crippen LogP contribution in [0.1, 0.15) is 12.0 Å². The topological polar surface area (TPSA) is 36.3 Å². The minimum Gasteiger partial charge on any atom is -0.488 e. The molecule has 1 aromatic carbocycles. The number of hydrogen-bond acceptors (Lipinski definition) is 3. The molecule has 0 saturated carbocycles. The van der Waals surface area contributed by atoms with Crippen molar-refractivity contribution < 1.29 is 4.74 Å². The molecule has 0 N–H and O–H groups in total. The number of ether oxygens (including phenoxy) is 1. The molecule has 1 aliphatic rings. The van der Waals surface area contributed by atoms with Gasteiger partial charge in [-0.15, -0.1) is 0 Å². The second kappa shape index (κ2) is 4.33. The van der Waals surface area contributed by atoms with Gasteiger partial charge in [-0.2, -0.15) is 5.26 Å². The Balaban J connectivity index is 2.08. The van der Waals surface area contributed by atoms with E-state index >= 15 is 0 Å². The van der Waals surface area contributed by atoms with Crippen molar-refractivity contribution in [3.8, 4) is 11.8 Å². The largest absolute Gasteiger partial charge is 0.488 e. The third-order valence-corrected chi connectivity index (χ3v) is 2.65. The van der Waals surface area contributed by atoms with Crippen LogP contribution in [-0.2, 0) is 0 Å². The number of nitriles is 1.